The van der Waals surface area contributed by atoms with E-state index >= 15 is 0 Å². The van der Waals surface area contributed by atoms with E-state index in [-0.39, 0.29) is 5.91 Å². The number of carbonyl (C=O) groups excluding carboxylic acids is 1. The van der Waals surface area contributed by atoms with Crippen LogP contribution >= 0.6 is 35.0 Å². The molecule has 4 rings (SSSR count). The zero-order valence-electron chi connectivity index (χ0n) is 14.0. The first kappa shape index (κ1) is 18.1. The number of nitrogens with one attached hydrogen (secondary N) is 1. The number of halogens is 2. The number of carbonyl (C=O) groups is 1. The highest BCUT2D eigenvalue weighted by atomic mass is 35.5. The fraction of sp³-hybridized carbons (Fsp3) is 0.105. The zero-order chi connectivity index (χ0) is 19.0. The molecule has 2 aromatic rings. The van der Waals surface area contributed by atoms with Gasteiger partial charge in [0, 0.05) is 16.5 Å². The fourth-order valence-corrected chi connectivity index (χ4v) is 3.94. The molecule has 2 aliphatic heterocycles. The Morgan fingerprint density at radius 1 is 1.22 bits per heavy atom. The smallest absolute Gasteiger partial charge is 0.276 e. The minimum absolute atomic E-state index is 0.234. The second kappa shape index (κ2) is 7.38. The lowest BCUT2D eigenvalue weighted by Gasteiger charge is -2.34. The summed E-state index contributed by atoms with van der Waals surface area (Å²) in [4.78, 5) is 17.7. The number of rotatable bonds is 3. The van der Waals surface area contributed by atoms with Crippen LogP contribution in [0.15, 0.2) is 65.2 Å². The molecule has 0 aromatic heterocycles. The number of nitrogens with zero attached hydrogens (tertiary/aromatic N) is 3. The molecule has 0 bridgehead atoms. The van der Waals surface area contributed by atoms with Crippen LogP contribution in [-0.2, 0) is 4.79 Å². The van der Waals surface area contributed by atoms with E-state index in [1.807, 2.05) is 30.3 Å². The van der Waals surface area contributed by atoms with Crippen LogP contribution in [0.3, 0.4) is 0 Å². The van der Waals surface area contributed by atoms with Crippen molar-refractivity contribution < 1.29 is 4.79 Å². The highest BCUT2D eigenvalue weighted by Crippen LogP contribution is 2.37. The minimum atomic E-state index is -0.591. The van der Waals surface area contributed by atoms with Gasteiger partial charge < -0.3 is 0 Å². The predicted octanol–water partition coefficient (Wildman–Crippen LogP) is 3.06. The molecule has 2 aliphatic rings. The van der Waals surface area contributed by atoms with Crippen LogP contribution in [0.1, 0.15) is 11.7 Å². The SMILES string of the molecule is C=CCSC1=NN2C(=c3ccccc3=NC2c2cccc(Cl)c2Cl)C(=O)N1. The van der Waals surface area contributed by atoms with Gasteiger partial charge in [0.2, 0.25) is 0 Å². The summed E-state index contributed by atoms with van der Waals surface area (Å²) in [5.74, 6) is 0.389. The van der Waals surface area contributed by atoms with Crippen LogP contribution < -0.4 is 15.9 Å². The van der Waals surface area contributed by atoms with Crippen molar-refractivity contribution in [2.24, 2.45) is 10.1 Å². The van der Waals surface area contributed by atoms with Crippen LogP contribution in [0.2, 0.25) is 10.0 Å². The summed E-state index contributed by atoms with van der Waals surface area (Å²) >= 11 is 14.0. The van der Waals surface area contributed by atoms with Gasteiger partial charge in [-0.1, -0.05) is 71.4 Å². The number of hydrazone groups is 1. The normalized spacial score (nSPS) is 18.1. The number of hydrogen-bond acceptors (Lipinski definition) is 5. The van der Waals surface area contributed by atoms with Crippen molar-refractivity contribution >= 4 is 51.7 Å². The highest BCUT2D eigenvalue weighted by molar-refractivity contribution is 8.14. The van der Waals surface area contributed by atoms with Gasteiger partial charge in [-0.2, -0.15) is 0 Å². The molecule has 1 amide bonds. The molecule has 27 heavy (non-hydrogen) atoms. The molecule has 136 valence electrons. The lowest BCUT2D eigenvalue weighted by atomic mass is 10.1. The summed E-state index contributed by atoms with van der Waals surface area (Å²) in [6.45, 7) is 3.70. The molecule has 2 heterocycles. The van der Waals surface area contributed by atoms with Gasteiger partial charge in [-0.05, 0) is 12.1 Å². The van der Waals surface area contributed by atoms with E-state index in [0.29, 0.717) is 37.6 Å². The number of thioether (sulfide) groups is 1. The van der Waals surface area contributed by atoms with E-state index in [9.17, 15) is 4.79 Å². The maximum absolute atomic E-state index is 12.9. The zero-order valence-corrected chi connectivity index (χ0v) is 16.4. The molecule has 2 aromatic carbocycles. The van der Waals surface area contributed by atoms with E-state index in [4.69, 9.17) is 28.2 Å². The van der Waals surface area contributed by atoms with Gasteiger partial charge >= 0.3 is 0 Å². The lowest BCUT2D eigenvalue weighted by molar-refractivity contribution is -0.116. The maximum atomic E-state index is 12.9. The number of para-hydroxylation sites is 1. The third-order valence-electron chi connectivity index (χ3n) is 4.11. The topological polar surface area (TPSA) is 57.1 Å². The molecule has 0 radical (unpaired) electrons. The number of amides is 1. The quantitative estimate of drug-likeness (QED) is 0.782. The first-order chi connectivity index (χ1) is 13.1. The largest absolute Gasteiger partial charge is 0.298 e. The molecule has 0 fully saturated rings. The number of fused-ring (bicyclic) bond motifs is 2. The van der Waals surface area contributed by atoms with Crippen molar-refractivity contribution in [2.75, 3.05) is 5.75 Å². The van der Waals surface area contributed by atoms with Crippen LogP contribution in [0.25, 0.3) is 5.70 Å². The van der Waals surface area contributed by atoms with Crippen molar-refractivity contribution in [2.45, 2.75) is 6.17 Å². The molecule has 0 spiro atoms. The molecule has 0 aliphatic carbocycles. The number of hydrogen-bond donors (Lipinski definition) is 1. The molecular formula is C19H14Cl2N4OS. The summed E-state index contributed by atoms with van der Waals surface area (Å²) in [6, 6.07) is 12.8. The Hall–Kier alpha value is -2.28. The Kier molecular flexibility index (Phi) is 4.95. The van der Waals surface area contributed by atoms with Crippen molar-refractivity contribution in [1.29, 1.82) is 0 Å². The van der Waals surface area contributed by atoms with E-state index in [0.717, 1.165) is 5.22 Å². The fourth-order valence-electron chi connectivity index (χ4n) is 2.95. The first-order valence-electron chi connectivity index (χ1n) is 8.14. The van der Waals surface area contributed by atoms with Crippen LogP contribution in [-0.4, -0.2) is 21.8 Å². The van der Waals surface area contributed by atoms with Crippen molar-refractivity contribution in [3.05, 3.63) is 81.3 Å². The number of benzene rings is 2. The van der Waals surface area contributed by atoms with E-state index in [1.165, 1.54) is 11.8 Å². The van der Waals surface area contributed by atoms with Gasteiger partial charge in [0.25, 0.3) is 5.91 Å². The van der Waals surface area contributed by atoms with E-state index in [2.05, 4.69) is 17.0 Å². The number of amidine groups is 1. The van der Waals surface area contributed by atoms with Crippen LogP contribution in [0, 0.1) is 0 Å². The van der Waals surface area contributed by atoms with E-state index < -0.39 is 6.17 Å². The maximum Gasteiger partial charge on any atom is 0.276 e. The van der Waals surface area contributed by atoms with Crippen molar-refractivity contribution in [3.8, 4) is 0 Å². The molecule has 1 atom stereocenters. The molecule has 0 saturated carbocycles. The second-order valence-corrected chi connectivity index (χ2v) is 7.61. The minimum Gasteiger partial charge on any atom is -0.298 e. The third-order valence-corrected chi connectivity index (χ3v) is 5.81. The van der Waals surface area contributed by atoms with Gasteiger partial charge in [-0.3, -0.25) is 15.1 Å². The standard InChI is InChI=1S/C19H14Cl2N4OS/c1-2-10-27-19-23-18(26)16-11-6-3-4-9-14(11)22-17(25(16)24-19)12-7-5-8-13(20)15(12)21/h2-9,17H,1,10H2,(H,23,24,26). The Morgan fingerprint density at radius 3 is 2.85 bits per heavy atom. The Labute approximate surface area is 170 Å². The van der Waals surface area contributed by atoms with Gasteiger partial charge in [0.05, 0.1) is 15.4 Å². The molecule has 8 heteroatoms. The second-order valence-electron chi connectivity index (χ2n) is 5.82. The highest BCUT2D eigenvalue weighted by Gasteiger charge is 2.35. The average molecular weight is 417 g/mol. The van der Waals surface area contributed by atoms with Crippen LogP contribution in [0.5, 0.6) is 0 Å². The van der Waals surface area contributed by atoms with Crippen molar-refractivity contribution in [3.63, 3.8) is 0 Å². The summed E-state index contributed by atoms with van der Waals surface area (Å²) in [7, 11) is 0. The van der Waals surface area contributed by atoms with Gasteiger partial charge in [0.1, 0.15) is 5.70 Å². The molecule has 0 saturated heterocycles. The first-order valence-corrected chi connectivity index (χ1v) is 9.88. The predicted molar refractivity (Wildman–Crippen MR) is 110 cm³/mol. The van der Waals surface area contributed by atoms with Gasteiger partial charge in [0.15, 0.2) is 11.3 Å². The van der Waals surface area contributed by atoms with E-state index in [1.54, 1.807) is 23.2 Å². The average Bonchev–Trinajstić information content (AvgIpc) is 2.67. The Bertz CT molecular complexity index is 1100. The van der Waals surface area contributed by atoms with Gasteiger partial charge in [-0.15, -0.1) is 11.7 Å². The molecule has 1 unspecified atom stereocenters. The van der Waals surface area contributed by atoms with Crippen molar-refractivity contribution in [1.82, 2.24) is 10.3 Å². The Balaban J connectivity index is 1.95. The monoisotopic (exact) mass is 416 g/mol. The Morgan fingerprint density at radius 2 is 2.04 bits per heavy atom. The summed E-state index contributed by atoms with van der Waals surface area (Å²) in [6.07, 6.45) is 1.16. The summed E-state index contributed by atoms with van der Waals surface area (Å²) in [5, 5.41) is 11.8. The molecule has 1 N–H and O–H groups in total. The molecule has 5 nitrogen and oxygen atoms in total. The summed E-state index contributed by atoms with van der Waals surface area (Å²) < 4.78 is 0. The van der Waals surface area contributed by atoms with Crippen LogP contribution in [0.4, 0.5) is 0 Å². The summed E-state index contributed by atoms with van der Waals surface area (Å²) in [5.41, 5.74) is 1.12. The van der Waals surface area contributed by atoms with Gasteiger partial charge in [-0.25, -0.2) is 5.01 Å². The lowest BCUT2D eigenvalue weighted by Crippen LogP contribution is -2.50. The third kappa shape index (κ3) is 3.25. The molecular weight excluding hydrogens is 403 g/mol.